The molecule has 1 atom stereocenters. The molecular weight excluding hydrogens is 541 g/mol. The van der Waals surface area contributed by atoms with Crippen LogP contribution in [0.15, 0.2) is 77.7 Å². The van der Waals surface area contributed by atoms with E-state index in [2.05, 4.69) is 5.32 Å². The van der Waals surface area contributed by atoms with Gasteiger partial charge in [-0.3, -0.25) is 13.9 Å². The highest BCUT2D eigenvalue weighted by molar-refractivity contribution is 7.92. The van der Waals surface area contributed by atoms with Crippen LogP contribution in [-0.4, -0.2) is 43.8 Å². The van der Waals surface area contributed by atoms with Gasteiger partial charge in [-0.25, -0.2) is 12.8 Å². The summed E-state index contributed by atoms with van der Waals surface area (Å²) in [4.78, 5) is 29.1. The Morgan fingerprint density at radius 2 is 1.46 bits per heavy atom. The first-order valence-corrected chi connectivity index (χ1v) is 15.5. The molecule has 0 spiro atoms. The third kappa shape index (κ3) is 7.52. The highest BCUT2D eigenvalue weighted by Gasteiger charge is 2.34. The lowest BCUT2D eigenvalue weighted by Crippen LogP contribution is -2.53. The number of anilines is 1. The zero-order valence-electron chi connectivity index (χ0n) is 23.8. The molecule has 0 aliphatic heterocycles. The number of sulfonamides is 1. The zero-order chi connectivity index (χ0) is 29.6. The molecule has 41 heavy (non-hydrogen) atoms. The van der Waals surface area contributed by atoms with Crippen LogP contribution in [0.2, 0.25) is 0 Å². The molecule has 2 amide bonds. The largest absolute Gasteiger partial charge is 0.352 e. The maximum Gasteiger partial charge on any atom is 0.264 e. The van der Waals surface area contributed by atoms with Crippen LogP contribution in [0.5, 0.6) is 0 Å². The number of aryl methyl sites for hydroxylation is 2. The van der Waals surface area contributed by atoms with Gasteiger partial charge in [-0.2, -0.15) is 0 Å². The van der Waals surface area contributed by atoms with E-state index >= 15 is 0 Å². The summed E-state index contributed by atoms with van der Waals surface area (Å²) in [6.45, 7) is 5.11. The third-order valence-electron chi connectivity index (χ3n) is 7.56. The molecule has 0 heterocycles. The molecule has 3 aromatic carbocycles. The van der Waals surface area contributed by atoms with Crippen LogP contribution >= 0.6 is 0 Å². The standard InChI is InChI=1S/C32H38FN3O4S/c1-4-30(32(38)34-27-7-5-6-8-27)35(21-25-13-15-26(33)16-14-25)31(37)22-36(28-17-9-23(2)10-18-28)41(39,40)29-19-11-24(3)12-20-29/h9-20,27,30H,4-8,21-22H2,1-3H3,(H,34,38). The number of nitrogens with zero attached hydrogens (tertiary/aromatic N) is 2. The van der Waals surface area contributed by atoms with Crippen LogP contribution < -0.4 is 9.62 Å². The van der Waals surface area contributed by atoms with Crippen LogP contribution in [0.3, 0.4) is 0 Å². The molecule has 1 aliphatic carbocycles. The molecular formula is C32H38FN3O4S. The number of benzene rings is 3. The molecule has 3 aromatic rings. The van der Waals surface area contributed by atoms with Crippen molar-refractivity contribution in [2.75, 3.05) is 10.8 Å². The van der Waals surface area contributed by atoms with E-state index in [4.69, 9.17) is 0 Å². The maximum atomic E-state index is 14.1. The van der Waals surface area contributed by atoms with Crippen LogP contribution in [0.25, 0.3) is 0 Å². The van der Waals surface area contributed by atoms with Gasteiger partial charge in [-0.15, -0.1) is 0 Å². The Morgan fingerprint density at radius 1 is 0.902 bits per heavy atom. The van der Waals surface area contributed by atoms with Gasteiger partial charge in [-0.05, 0) is 75.1 Å². The van der Waals surface area contributed by atoms with Crippen molar-refractivity contribution in [3.8, 4) is 0 Å². The first-order valence-electron chi connectivity index (χ1n) is 14.1. The summed E-state index contributed by atoms with van der Waals surface area (Å²) in [6, 6.07) is 18.4. The summed E-state index contributed by atoms with van der Waals surface area (Å²) in [7, 11) is -4.13. The van der Waals surface area contributed by atoms with E-state index in [1.54, 1.807) is 48.5 Å². The summed E-state index contributed by atoms with van der Waals surface area (Å²) in [5.41, 5.74) is 2.83. The molecule has 1 saturated carbocycles. The van der Waals surface area contributed by atoms with Crippen molar-refractivity contribution in [3.05, 3.63) is 95.3 Å². The average Bonchev–Trinajstić information content (AvgIpc) is 3.46. The second-order valence-electron chi connectivity index (χ2n) is 10.7. The van der Waals surface area contributed by atoms with Crippen molar-refractivity contribution in [2.24, 2.45) is 0 Å². The molecule has 9 heteroatoms. The Balaban J connectivity index is 1.70. The number of rotatable bonds is 11. The van der Waals surface area contributed by atoms with Crippen molar-refractivity contribution in [1.29, 1.82) is 0 Å². The molecule has 7 nitrogen and oxygen atoms in total. The van der Waals surface area contributed by atoms with Crippen LogP contribution in [-0.2, 0) is 26.2 Å². The number of hydrogen-bond acceptors (Lipinski definition) is 4. The second-order valence-corrected chi connectivity index (χ2v) is 12.6. The Bertz CT molecular complexity index is 1440. The van der Waals surface area contributed by atoms with Crippen molar-refractivity contribution in [2.45, 2.75) is 76.4 Å². The lowest BCUT2D eigenvalue weighted by Gasteiger charge is -2.33. The Labute approximate surface area is 242 Å². The van der Waals surface area contributed by atoms with Gasteiger partial charge in [0.15, 0.2) is 0 Å². The number of nitrogens with one attached hydrogen (secondary N) is 1. The fraction of sp³-hybridized carbons (Fsp3) is 0.375. The van der Waals surface area contributed by atoms with E-state index in [1.807, 2.05) is 20.8 Å². The van der Waals surface area contributed by atoms with E-state index in [1.165, 1.54) is 29.2 Å². The van der Waals surface area contributed by atoms with Gasteiger partial charge in [0.05, 0.1) is 10.6 Å². The summed E-state index contributed by atoms with van der Waals surface area (Å²) >= 11 is 0. The number of carbonyl (C=O) groups excluding carboxylic acids is 2. The fourth-order valence-corrected chi connectivity index (χ4v) is 6.56. The van der Waals surface area contributed by atoms with Crippen LogP contribution in [0.4, 0.5) is 10.1 Å². The number of carbonyl (C=O) groups is 2. The van der Waals surface area contributed by atoms with E-state index in [0.717, 1.165) is 41.1 Å². The van der Waals surface area contributed by atoms with Gasteiger partial charge in [0.2, 0.25) is 11.8 Å². The van der Waals surface area contributed by atoms with Crippen LogP contribution in [0, 0.1) is 19.7 Å². The predicted octanol–water partition coefficient (Wildman–Crippen LogP) is 5.50. The minimum Gasteiger partial charge on any atom is -0.352 e. The van der Waals surface area contributed by atoms with Crippen molar-refractivity contribution in [1.82, 2.24) is 10.2 Å². The monoisotopic (exact) mass is 579 g/mol. The van der Waals surface area contributed by atoms with Gasteiger partial charge in [0.25, 0.3) is 10.0 Å². The fourth-order valence-electron chi connectivity index (χ4n) is 5.15. The first-order chi connectivity index (χ1) is 19.6. The number of halogens is 1. The lowest BCUT2D eigenvalue weighted by molar-refractivity contribution is -0.140. The summed E-state index contributed by atoms with van der Waals surface area (Å²) in [6.07, 6.45) is 4.21. The van der Waals surface area contributed by atoms with Crippen molar-refractivity contribution in [3.63, 3.8) is 0 Å². The average molecular weight is 580 g/mol. The van der Waals surface area contributed by atoms with E-state index in [-0.39, 0.29) is 23.4 Å². The number of hydrogen-bond donors (Lipinski definition) is 1. The highest BCUT2D eigenvalue weighted by atomic mass is 32.2. The van der Waals surface area contributed by atoms with Gasteiger partial charge in [0, 0.05) is 12.6 Å². The summed E-state index contributed by atoms with van der Waals surface area (Å²) in [5, 5.41) is 3.09. The van der Waals surface area contributed by atoms with Gasteiger partial charge >= 0.3 is 0 Å². The smallest absolute Gasteiger partial charge is 0.264 e. The highest BCUT2D eigenvalue weighted by Crippen LogP contribution is 2.26. The predicted molar refractivity (Wildman–Crippen MR) is 158 cm³/mol. The Kier molecular flexibility index (Phi) is 9.81. The minimum absolute atomic E-state index is 0.0298. The second kappa shape index (κ2) is 13.3. The van der Waals surface area contributed by atoms with Gasteiger partial charge in [-0.1, -0.05) is 67.3 Å². The topological polar surface area (TPSA) is 86.8 Å². The Morgan fingerprint density at radius 3 is 2.02 bits per heavy atom. The SMILES string of the molecule is CCC(C(=O)NC1CCCC1)N(Cc1ccc(F)cc1)C(=O)CN(c1ccc(C)cc1)S(=O)(=O)c1ccc(C)cc1. The molecule has 1 aliphatic rings. The normalized spacial score (nSPS) is 14.4. The minimum atomic E-state index is -4.13. The van der Waals surface area contributed by atoms with Gasteiger partial charge in [0.1, 0.15) is 18.4 Å². The molecule has 1 unspecified atom stereocenters. The van der Waals surface area contributed by atoms with Gasteiger partial charge < -0.3 is 10.2 Å². The molecule has 0 radical (unpaired) electrons. The summed E-state index contributed by atoms with van der Waals surface area (Å²) in [5.74, 6) is -1.20. The molecule has 0 saturated heterocycles. The molecule has 1 fully saturated rings. The van der Waals surface area contributed by atoms with E-state index < -0.39 is 34.3 Å². The molecule has 1 N–H and O–H groups in total. The van der Waals surface area contributed by atoms with Crippen LogP contribution in [0.1, 0.15) is 55.7 Å². The molecule has 0 bridgehead atoms. The van der Waals surface area contributed by atoms with E-state index in [0.29, 0.717) is 17.7 Å². The quantitative estimate of drug-likeness (QED) is 0.325. The maximum absolute atomic E-state index is 14.1. The molecule has 4 rings (SSSR count). The third-order valence-corrected chi connectivity index (χ3v) is 9.35. The molecule has 218 valence electrons. The summed E-state index contributed by atoms with van der Waals surface area (Å²) < 4.78 is 42.6. The number of amides is 2. The van der Waals surface area contributed by atoms with E-state index in [9.17, 15) is 22.4 Å². The Hall–Kier alpha value is -3.72. The molecule has 0 aromatic heterocycles. The lowest BCUT2D eigenvalue weighted by atomic mass is 10.1. The first kappa shape index (κ1) is 30.2. The van der Waals surface area contributed by atoms with Crippen molar-refractivity contribution >= 4 is 27.5 Å². The zero-order valence-corrected chi connectivity index (χ0v) is 24.7. The van der Waals surface area contributed by atoms with Crippen molar-refractivity contribution < 1.29 is 22.4 Å².